The molecule has 0 saturated heterocycles. The maximum Gasteiger partial charge on any atom is 0.305 e. The number of rotatable bonds is 23. The highest BCUT2D eigenvalue weighted by molar-refractivity contribution is 7.99. The molecule has 172 valence electrons. The normalized spacial score (nSPS) is 10.9. The van der Waals surface area contributed by atoms with Crippen molar-refractivity contribution in [2.75, 3.05) is 18.1 Å². The minimum Gasteiger partial charge on any atom is -0.481 e. The van der Waals surface area contributed by atoms with Crippen molar-refractivity contribution in [3.63, 3.8) is 0 Å². The Morgan fingerprint density at radius 1 is 0.655 bits per heavy atom. The van der Waals surface area contributed by atoms with E-state index in [0.29, 0.717) is 13.0 Å². The number of hydrogen-bond acceptors (Lipinski definition) is 4. The summed E-state index contributed by atoms with van der Waals surface area (Å²) in [5.74, 6) is 1.28. The minimum absolute atomic E-state index is 0.0560. The zero-order chi connectivity index (χ0) is 21.4. The molecule has 0 amide bonds. The molecule has 0 aliphatic carbocycles. The van der Waals surface area contributed by atoms with Crippen molar-refractivity contribution in [3.05, 3.63) is 0 Å². The standard InChI is InChI=1S/C24H46O4S/c1-2-3-4-5-6-7-8-9-10-11-12-15-20-28-24(27)19-14-17-22-29-21-16-13-18-23(25)26/h2-22H2,1H3,(H,25,26). The summed E-state index contributed by atoms with van der Waals surface area (Å²) in [6.07, 6.45) is 20.2. The molecule has 0 radical (unpaired) electrons. The zero-order valence-electron chi connectivity index (χ0n) is 18.9. The SMILES string of the molecule is CCCCCCCCCCCCCCOC(=O)CCCCSCCCCC(=O)O. The lowest BCUT2D eigenvalue weighted by atomic mass is 10.1. The molecule has 0 unspecified atom stereocenters. The number of hydrogen-bond donors (Lipinski definition) is 1. The van der Waals surface area contributed by atoms with E-state index in [0.717, 1.165) is 43.6 Å². The molecule has 0 bridgehead atoms. The van der Waals surface area contributed by atoms with Crippen molar-refractivity contribution < 1.29 is 19.4 Å². The molecule has 0 atom stereocenters. The smallest absolute Gasteiger partial charge is 0.305 e. The van der Waals surface area contributed by atoms with E-state index in [4.69, 9.17) is 9.84 Å². The minimum atomic E-state index is -0.711. The maximum atomic E-state index is 11.7. The number of carbonyl (C=O) groups excluding carboxylic acids is 1. The Bertz CT molecular complexity index is 374. The Morgan fingerprint density at radius 2 is 1.14 bits per heavy atom. The maximum absolute atomic E-state index is 11.7. The lowest BCUT2D eigenvalue weighted by Gasteiger charge is -2.05. The van der Waals surface area contributed by atoms with Gasteiger partial charge < -0.3 is 9.84 Å². The van der Waals surface area contributed by atoms with Gasteiger partial charge in [-0.25, -0.2) is 0 Å². The number of carboxylic acid groups (broad SMARTS) is 1. The third-order valence-electron chi connectivity index (χ3n) is 5.11. The van der Waals surface area contributed by atoms with Crippen LogP contribution in [0, 0.1) is 0 Å². The number of unbranched alkanes of at least 4 members (excludes halogenated alkanes) is 13. The lowest BCUT2D eigenvalue weighted by molar-refractivity contribution is -0.144. The third-order valence-corrected chi connectivity index (χ3v) is 6.26. The van der Waals surface area contributed by atoms with Crippen LogP contribution in [0.1, 0.15) is 122 Å². The van der Waals surface area contributed by atoms with Crippen LogP contribution in [0.15, 0.2) is 0 Å². The topological polar surface area (TPSA) is 63.6 Å². The van der Waals surface area contributed by atoms with E-state index in [2.05, 4.69) is 6.92 Å². The molecule has 0 fully saturated rings. The van der Waals surface area contributed by atoms with Crippen LogP contribution in [-0.4, -0.2) is 35.2 Å². The van der Waals surface area contributed by atoms with Gasteiger partial charge in [0.25, 0.3) is 0 Å². The molecule has 4 nitrogen and oxygen atoms in total. The molecule has 5 heteroatoms. The quantitative estimate of drug-likeness (QED) is 0.135. The van der Waals surface area contributed by atoms with Gasteiger partial charge in [-0.3, -0.25) is 9.59 Å². The fraction of sp³-hybridized carbons (Fsp3) is 0.917. The van der Waals surface area contributed by atoms with Gasteiger partial charge in [-0.2, -0.15) is 11.8 Å². The predicted molar refractivity (Wildman–Crippen MR) is 125 cm³/mol. The van der Waals surface area contributed by atoms with Crippen molar-refractivity contribution in [3.8, 4) is 0 Å². The van der Waals surface area contributed by atoms with E-state index in [1.54, 1.807) is 0 Å². The second-order valence-corrected chi connectivity index (χ2v) is 9.25. The molecule has 0 aromatic rings. The molecule has 1 N–H and O–H groups in total. The van der Waals surface area contributed by atoms with E-state index < -0.39 is 5.97 Å². The van der Waals surface area contributed by atoms with E-state index in [-0.39, 0.29) is 12.4 Å². The summed E-state index contributed by atoms with van der Waals surface area (Å²) in [7, 11) is 0. The van der Waals surface area contributed by atoms with Crippen LogP contribution < -0.4 is 0 Å². The molecule has 0 aromatic heterocycles. The number of carbonyl (C=O) groups is 2. The van der Waals surface area contributed by atoms with E-state index in [9.17, 15) is 9.59 Å². The molecule has 0 spiro atoms. The van der Waals surface area contributed by atoms with Gasteiger partial charge in [0.05, 0.1) is 6.61 Å². The van der Waals surface area contributed by atoms with Crippen molar-refractivity contribution in [1.29, 1.82) is 0 Å². The first-order chi connectivity index (χ1) is 14.2. The summed E-state index contributed by atoms with van der Waals surface area (Å²) in [6.45, 7) is 2.84. The molecule has 29 heavy (non-hydrogen) atoms. The van der Waals surface area contributed by atoms with Crippen molar-refractivity contribution in [2.45, 2.75) is 122 Å². The number of thioether (sulfide) groups is 1. The summed E-state index contributed by atoms with van der Waals surface area (Å²) in [5, 5.41) is 8.56. The average Bonchev–Trinajstić information content (AvgIpc) is 2.70. The fourth-order valence-electron chi connectivity index (χ4n) is 3.26. The van der Waals surface area contributed by atoms with Gasteiger partial charge in [-0.15, -0.1) is 0 Å². The molecule has 0 heterocycles. The Hall–Kier alpha value is -0.710. The van der Waals surface area contributed by atoms with Crippen LogP contribution in [-0.2, 0) is 14.3 Å². The Kier molecular flexibility index (Phi) is 23.0. The average molecular weight is 431 g/mol. The highest BCUT2D eigenvalue weighted by atomic mass is 32.2. The molecule has 0 aliphatic rings. The van der Waals surface area contributed by atoms with Crippen LogP contribution >= 0.6 is 11.8 Å². The second-order valence-electron chi connectivity index (χ2n) is 8.03. The first-order valence-corrected chi connectivity index (χ1v) is 13.3. The van der Waals surface area contributed by atoms with Crippen LogP contribution in [0.5, 0.6) is 0 Å². The Labute approximate surface area is 183 Å². The number of ether oxygens (including phenoxy) is 1. The fourth-order valence-corrected chi connectivity index (χ4v) is 4.28. The van der Waals surface area contributed by atoms with Crippen LogP contribution in [0.3, 0.4) is 0 Å². The Balaban J connectivity index is 3.16. The first kappa shape index (κ1) is 28.3. The highest BCUT2D eigenvalue weighted by Gasteiger charge is 2.03. The molecule has 0 aromatic carbocycles. The number of esters is 1. The van der Waals surface area contributed by atoms with Crippen molar-refractivity contribution in [2.24, 2.45) is 0 Å². The number of aliphatic carboxylic acids is 1. The van der Waals surface area contributed by atoms with E-state index >= 15 is 0 Å². The van der Waals surface area contributed by atoms with E-state index in [1.807, 2.05) is 11.8 Å². The third kappa shape index (κ3) is 25.3. The monoisotopic (exact) mass is 430 g/mol. The van der Waals surface area contributed by atoms with Crippen molar-refractivity contribution in [1.82, 2.24) is 0 Å². The lowest BCUT2D eigenvalue weighted by Crippen LogP contribution is -2.05. The predicted octanol–water partition coefficient (Wildman–Crippen LogP) is 7.39. The van der Waals surface area contributed by atoms with Gasteiger partial charge in [0.1, 0.15) is 0 Å². The highest BCUT2D eigenvalue weighted by Crippen LogP contribution is 2.13. The molecule has 0 saturated carbocycles. The van der Waals surface area contributed by atoms with Gasteiger partial charge in [0.15, 0.2) is 0 Å². The largest absolute Gasteiger partial charge is 0.481 e. The van der Waals surface area contributed by atoms with Crippen LogP contribution in [0.2, 0.25) is 0 Å². The summed E-state index contributed by atoms with van der Waals surface area (Å²) >= 11 is 1.85. The van der Waals surface area contributed by atoms with Crippen LogP contribution in [0.25, 0.3) is 0 Å². The molecular weight excluding hydrogens is 384 g/mol. The summed E-state index contributed by atoms with van der Waals surface area (Å²) < 4.78 is 5.31. The second kappa shape index (κ2) is 23.6. The van der Waals surface area contributed by atoms with Crippen LogP contribution in [0.4, 0.5) is 0 Å². The summed E-state index contributed by atoms with van der Waals surface area (Å²) in [4.78, 5) is 22.1. The van der Waals surface area contributed by atoms with Gasteiger partial charge in [-0.1, -0.05) is 77.6 Å². The van der Waals surface area contributed by atoms with Gasteiger partial charge >= 0.3 is 11.9 Å². The zero-order valence-corrected chi connectivity index (χ0v) is 19.7. The molecular formula is C24H46O4S. The first-order valence-electron chi connectivity index (χ1n) is 12.1. The molecule has 0 aliphatic heterocycles. The van der Waals surface area contributed by atoms with Crippen molar-refractivity contribution >= 4 is 23.7 Å². The molecule has 0 rings (SSSR count). The van der Waals surface area contributed by atoms with Gasteiger partial charge in [0, 0.05) is 12.8 Å². The van der Waals surface area contributed by atoms with Gasteiger partial charge in [0.2, 0.25) is 0 Å². The Morgan fingerprint density at radius 3 is 1.66 bits per heavy atom. The summed E-state index contributed by atoms with van der Waals surface area (Å²) in [6, 6.07) is 0. The number of carboxylic acids is 1. The van der Waals surface area contributed by atoms with E-state index in [1.165, 1.54) is 70.6 Å². The van der Waals surface area contributed by atoms with Gasteiger partial charge in [-0.05, 0) is 43.6 Å². The summed E-state index contributed by atoms with van der Waals surface area (Å²) in [5.41, 5.74) is 0.